The van der Waals surface area contributed by atoms with Crippen LogP contribution in [0.5, 0.6) is 5.75 Å². The molecule has 0 radical (unpaired) electrons. The normalized spacial score (nSPS) is 19.7. The number of nitrogens with one attached hydrogen (secondary N) is 1. The minimum Gasteiger partial charge on any atom is -0.479 e. The highest BCUT2D eigenvalue weighted by atomic mass is 16.5. The molecule has 102 valence electrons. The van der Waals surface area contributed by atoms with Crippen LogP contribution in [0, 0.1) is 22.2 Å². The van der Waals surface area contributed by atoms with E-state index in [0.717, 1.165) is 12.3 Å². The van der Waals surface area contributed by atoms with Crippen LogP contribution in [0.4, 0.5) is 0 Å². The van der Waals surface area contributed by atoms with E-state index >= 15 is 0 Å². The second kappa shape index (κ2) is 4.86. The number of ether oxygens (including phenoxy) is 1. The van der Waals surface area contributed by atoms with Gasteiger partial charge in [-0.25, -0.2) is 0 Å². The first kappa shape index (κ1) is 13.9. The van der Waals surface area contributed by atoms with Gasteiger partial charge in [-0.15, -0.1) is 0 Å². The van der Waals surface area contributed by atoms with Crippen molar-refractivity contribution in [3.8, 4) is 11.8 Å². The maximum absolute atomic E-state index is 8.45. The molecule has 0 saturated heterocycles. The third-order valence-electron chi connectivity index (χ3n) is 4.76. The molecular weight excluding hydrogens is 236 g/mol. The molecule has 1 aromatic carbocycles. The van der Waals surface area contributed by atoms with E-state index in [9.17, 15) is 0 Å². The second-order valence-corrected chi connectivity index (χ2v) is 6.35. The highest BCUT2D eigenvalue weighted by Crippen LogP contribution is 2.62. The van der Waals surface area contributed by atoms with Gasteiger partial charge in [0.1, 0.15) is 11.8 Å². The highest BCUT2D eigenvalue weighted by molar-refractivity contribution is 5.28. The van der Waals surface area contributed by atoms with Crippen LogP contribution >= 0.6 is 0 Å². The summed E-state index contributed by atoms with van der Waals surface area (Å²) in [6.07, 6.45) is 0. The lowest BCUT2D eigenvalue weighted by molar-refractivity contribution is 0.368. The Kier molecular flexibility index (Phi) is 3.56. The Bertz CT molecular complexity index is 468. The molecule has 1 aromatic rings. The van der Waals surface area contributed by atoms with E-state index in [1.54, 1.807) is 0 Å². The largest absolute Gasteiger partial charge is 0.479 e. The molecular formula is C16H22N2O. The van der Waals surface area contributed by atoms with E-state index < -0.39 is 0 Å². The van der Waals surface area contributed by atoms with Crippen LogP contribution in [0.3, 0.4) is 0 Å². The minimum atomic E-state index is 0.0993. The quantitative estimate of drug-likeness (QED) is 0.882. The van der Waals surface area contributed by atoms with Gasteiger partial charge in [0.2, 0.25) is 0 Å². The molecule has 0 unspecified atom stereocenters. The first-order valence-corrected chi connectivity index (χ1v) is 6.71. The topological polar surface area (TPSA) is 45.0 Å². The molecule has 0 heterocycles. The lowest BCUT2D eigenvalue weighted by atomic mass is 10.0. The number of benzene rings is 1. The van der Waals surface area contributed by atoms with Gasteiger partial charge >= 0.3 is 0 Å². The Hall–Kier alpha value is -1.53. The molecule has 0 amide bonds. The smallest absolute Gasteiger partial charge is 0.174 e. The monoisotopic (exact) mass is 258 g/mol. The van der Waals surface area contributed by atoms with Crippen molar-refractivity contribution in [2.45, 2.75) is 40.3 Å². The first-order valence-electron chi connectivity index (χ1n) is 6.71. The second-order valence-electron chi connectivity index (χ2n) is 6.35. The SMILES string of the molecule is CC1(C)C(NCc2ccc(OCC#N)cc2)C1(C)C. The Balaban J connectivity index is 1.86. The van der Waals surface area contributed by atoms with Gasteiger partial charge in [-0.3, -0.25) is 0 Å². The number of hydrogen-bond acceptors (Lipinski definition) is 3. The average molecular weight is 258 g/mol. The fraction of sp³-hybridized carbons (Fsp3) is 0.562. The van der Waals surface area contributed by atoms with Crippen molar-refractivity contribution in [2.24, 2.45) is 10.8 Å². The van der Waals surface area contributed by atoms with Crippen molar-refractivity contribution in [2.75, 3.05) is 6.61 Å². The fourth-order valence-electron chi connectivity index (χ4n) is 2.75. The summed E-state index contributed by atoms with van der Waals surface area (Å²) in [6.45, 7) is 10.2. The molecule has 1 fully saturated rings. The molecule has 0 aliphatic heterocycles. The molecule has 19 heavy (non-hydrogen) atoms. The van der Waals surface area contributed by atoms with Gasteiger partial charge in [-0.1, -0.05) is 39.8 Å². The van der Waals surface area contributed by atoms with Crippen LogP contribution in [0.25, 0.3) is 0 Å². The summed E-state index contributed by atoms with van der Waals surface area (Å²) in [7, 11) is 0. The summed E-state index contributed by atoms with van der Waals surface area (Å²) in [5, 5.41) is 12.1. The Labute approximate surface area is 115 Å². The van der Waals surface area contributed by atoms with E-state index in [4.69, 9.17) is 10.00 Å². The maximum Gasteiger partial charge on any atom is 0.174 e. The van der Waals surface area contributed by atoms with Crippen LogP contribution in [0.15, 0.2) is 24.3 Å². The number of hydrogen-bond donors (Lipinski definition) is 1. The van der Waals surface area contributed by atoms with E-state index in [2.05, 4.69) is 33.0 Å². The Morgan fingerprint density at radius 2 is 1.74 bits per heavy atom. The minimum absolute atomic E-state index is 0.0993. The molecule has 0 atom stereocenters. The van der Waals surface area contributed by atoms with Gasteiger partial charge in [-0.05, 0) is 28.5 Å². The van der Waals surface area contributed by atoms with Crippen LogP contribution < -0.4 is 10.1 Å². The molecule has 0 bridgehead atoms. The molecule has 1 aliphatic rings. The van der Waals surface area contributed by atoms with Crippen LogP contribution in [-0.2, 0) is 6.54 Å². The molecule has 1 aliphatic carbocycles. The molecule has 1 saturated carbocycles. The van der Waals surface area contributed by atoms with Crippen molar-refractivity contribution < 1.29 is 4.74 Å². The molecule has 1 N–H and O–H groups in total. The third kappa shape index (κ3) is 2.59. The summed E-state index contributed by atoms with van der Waals surface area (Å²) in [5.41, 5.74) is 1.97. The average Bonchev–Trinajstić information content (AvgIpc) is 2.76. The standard InChI is InChI=1S/C16H22N2O/c1-15(2)14(16(15,3)4)18-11-12-5-7-13(8-6-12)19-10-9-17/h5-8,14,18H,10-11H2,1-4H3. The lowest BCUT2D eigenvalue weighted by Gasteiger charge is -2.07. The summed E-state index contributed by atoms with van der Waals surface area (Å²) in [6, 6.07) is 10.4. The number of nitrogens with zero attached hydrogens (tertiary/aromatic N) is 1. The van der Waals surface area contributed by atoms with Crippen molar-refractivity contribution >= 4 is 0 Å². The van der Waals surface area contributed by atoms with Gasteiger partial charge in [0.05, 0.1) is 0 Å². The first-order chi connectivity index (χ1) is 8.89. The van der Waals surface area contributed by atoms with Gasteiger partial charge in [0.25, 0.3) is 0 Å². The fourth-order valence-corrected chi connectivity index (χ4v) is 2.75. The summed E-state index contributed by atoms with van der Waals surface area (Å²) < 4.78 is 5.23. The molecule has 0 spiro atoms. The van der Waals surface area contributed by atoms with Gasteiger partial charge in [0.15, 0.2) is 6.61 Å². The van der Waals surface area contributed by atoms with Crippen molar-refractivity contribution in [3.63, 3.8) is 0 Å². The summed E-state index contributed by atoms with van der Waals surface area (Å²) in [5.74, 6) is 0.748. The number of nitriles is 1. The zero-order valence-electron chi connectivity index (χ0n) is 12.2. The van der Waals surface area contributed by atoms with E-state index in [1.165, 1.54) is 5.56 Å². The summed E-state index contributed by atoms with van der Waals surface area (Å²) >= 11 is 0. The Morgan fingerprint density at radius 3 is 2.21 bits per heavy atom. The zero-order chi connectivity index (χ0) is 14.1. The lowest BCUT2D eigenvalue weighted by Crippen LogP contribution is -2.21. The summed E-state index contributed by atoms with van der Waals surface area (Å²) in [4.78, 5) is 0. The van der Waals surface area contributed by atoms with Crippen LogP contribution in [0.2, 0.25) is 0 Å². The molecule has 0 aromatic heterocycles. The third-order valence-corrected chi connectivity index (χ3v) is 4.76. The van der Waals surface area contributed by atoms with E-state index in [1.807, 2.05) is 30.3 Å². The molecule has 2 rings (SSSR count). The van der Waals surface area contributed by atoms with Gasteiger partial charge in [-0.2, -0.15) is 5.26 Å². The zero-order valence-corrected chi connectivity index (χ0v) is 12.2. The maximum atomic E-state index is 8.45. The van der Waals surface area contributed by atoms with Crippen molar-refractivity contribution in [1.29, 1.82) is 5.26 Å². The Morgan fingerprint density at radius 1 is 1.16 bits per heavy atom. The molecule has 3 nitrogen and oxygen atoms in total. The predicted octanol–water partition coefficient (Wildman–Crippen LogP) is 3.11. The highest BCUT2D eigenvalue weighted by Gasteiger charge is 2.64. The number of rotatable bonds is 5. The van der Waals surface area contributed by atoms with Crippen molar-refractivity contribution in [1.82, 2.24) is 5.32 Å². The van der Waals surface area contributed by atoms with Gasteiger partial charge < -0.3 is 10.1 Å². The predicted molar refractivity (Wildman–Crippen MR) is 75.7 cm³/mol. The van der Waals surface area contributed by atoms with Crippen molar-refractivity contribution in [3.05, 3.63) is 29.8 Å². The van der Waals surface area contributed by atoms with E-state index in [0.29, 0.717) is 16.9 Å². The molecule has 3 heteroatoms. The van der Waals surface area contributed by atoms with E-state index in [-0.39, 0.29) is 6.61 Å². The van der Waals surface area contributed by atoms with Gasteiger partial charge in [0, 0.05) is 12.6 Å². The van der Waals surface area contributed by atoms with Crippen LogP contribution in [-0.4, -0.2) is 12.6 Å². The van der Waals surface area contributed by atoms with Crippen LogP contribution in [0.1, 0.15) is 33.3 Å².